The van der Waals surface area contributed by atoms with Crippen LogP contribution in [0.1, 0.15) is 25.1 Å². The van der Waals surface area contributed by atoms with Gasteiger partial charge in [-0.3, -0.25) is 4.98 Å². The molecule has 1 heterocycles. The average molecular weight is 232 g/mol. The topological polar surface area (TPSA) is 38.9 Å². The van der Waals surface area contributed by atoms with E-state index in [2.05, 4.69) is 4.98 Å². The van der Waals surface area contributed by atoms with Crippen LogP contribution in [0.5, 0.6) is 0 Å². The molecule has 2 nitrogen and oxygen atoms in total. The van der Waals surface area contributed by atoms with Crippen molar-refractivity contribution in [3.8, 4) is 0 Å². The van der Waals surface area contributed by atoms with Crippen LogP contribution in [0.15, 0.2) is 18.3 Å². The lowest BCUT2D eigenvalue weighted by molar-refractivity contribution is -0.141. The second-order valence-corrected chi connectivity index (χ2v) is 4.59. The Kier molecular flexibility index (Phi) is 3.57. The van der Waals surface area contributed by atoms with E-state index in [1.165, 1.54) is 12.3 Å². The zero-order valence-electron chi connectivity index (χ0n) is 9.30. The first kappa shape index (κ1) is 13.0. The highest BCUT2D eigenvalue weighted by Crippen LogP contribution is 2.28. The minimum atomic E-state index is -4.37. The standard InChI is InChI=1S/C11H15F3N2/c1-10(2,7-15)5-8-3-4-9(16-6-8)11(12,13)14/h3-4,6H,5,7,15H2,1-2H3. The number of hydrogen-bond acceptors (Lipinski definition) is 2. The van der Waals surface area contributed by atoms with E-state index in [0.29, 0.717) is 13.0 Å². The lowest BCUT2D eigenvalue weighted by Gasteiger charge is -2.22. The number of halogens is 3. The Morgan fingerprint density at radius 3 is 2.25 bits per heavy atom. The van der Waals surface area contributed by atoms with E-state index in [1.807, 2.05) is 13.8 Å². The molecule has 0 saturated heterocycles. The van der Waals surface area contributed by atoms with Crippen molar-refractivity contribution in [3.05, 3.63) is 29.6 Å². The summed E-state index contributed by atoms with van der Waals surface area (Å²) >= 11 is 0. The highest BCUT2D eigenvalue weighted by atomic mass is 19.4. The van der Waals surface area contributed by atoms with Crippen molar-refractivity contribution < 1.29 is 13.2 Å². The summed E-state index contributed by atoms with van der Waals surface area (Å²) in [5.41, 5.74) is 5.34. The third kappa shape index (κ3) is 3.48. The molecule has 0 unspecified atom stereocenters. The highest BCUT2D eigenvalue weighted by Gasteiger charge is 2.32. The van der Waals surface area contributed by atoms with Crippen molar-refractivity contribution in [2.45, 2.75) is 26.4 Å². The second kappa shape index (κ2) is 4.41. The molecule has 0 saturated carbocycles. The molecule has 0 atom stereocenters. The van der Waals surface area contributed by atoms with E-state index in [4.69, 9.17) is 5.73 Å². The first-order valence-corrected chi connectivity index (χ1v) is 4.97. The third-order valence-electron chi connectivity index (χ3n) is 2.35. The molecule has 1 aromatic heterocycles. The zero-order valence-corrected chi connectivity index (χ0v) is 9.30. The van der Waals surface area contributed by atoms with E-state index < -0.39 is 11.9 Å². The molecule has 0 aliphatic rings. The molecule has 0 aromatic carbocycles. The largest absolute Gasteiger partial charge is 0.433 e. The SMILES string of the molecule is CC(C)(CN)Cc1ccc(C(F)(F)F)nc1. The molecule has 0 aliphatic heterocycles. The third-order valence-corrected chi connectivity index (χ3v) is 2.35. The molecule has 1 rings (SSSR count). The summed E-state index contributed by atoms with van der Waals surface area (Å²) in [4.78, 5) is 3.40. The van der Waals surface area contributed by atoms with Crippen LogP contribution in [0.25, 0.3) is 0 Å². The number of pyridine rings is 1. The Morgan fingerprint density at radius 1 is 1.25 bits per heavy atom. The van der Waals surface area contributed by atoms with Gasteiger partial charge < -0.3 is 5.73 Å². The summed E-state index contributed by atoms with van der Waals surface area (Å²) in [6, 6.07) is 2.45. The van der Waals surface area contributed by atoms with Crippen molar-refractivity contribution in [2.75, 3.05) is 6.54 Å². The second-order valence-electron chi connectivity index (χ2n) is 4.59. The van der Waals surface area contributed by atoms with Crippen molar-refractivity contribution >= 4 is 0 Å². The van der Waals surface area contributed by atoms with Crippen LogP contribution in [0.3, 0.4) is 0 Å². The van der Waals surface area contributed by atoms with Crippen LogP contribution in [-0.2, 0) is 12.6 Å². The van der Waals surface area contributed by atoms with Crippen molar-refractivity contribution in [1.29, 1.82) is 0 Å². The predicted octanol–water partition coefficient (Wildman–Crippen LogP) is 2.63. The normalized spacial score (nSPS) is 12.9. The number of aromatic nitrogens is 1. The maximum Gasteiger partial charge on any atom is 0.433 e. The summed E-state index contributed by atoms with van der Waals surface area (Å²) in [6.45, 7) is 4.41. The minimum Gasteiger partial charge on any atom is -0.330 e. The molecule has 5 heteroatoms. The van der Waals surface area contributed by atoms with Crippen LogP contribution < -0.4 is 5.73 Å². The molecule has 0 spiro atoms. The fraction of sp³-hybridized carbons (Fsp3) is 0.545. The number of nitrogens with two attached hydrogens (primary N) is 1. The first-order valence-electron chi connectivity index (χ1n) is 4.97. The van der Waals surface area contributed by atoms with E-state index in [-0.39, 0.29) is 5.41 Å². The van der Waals surface area contributed by atoms with Gasteiger partial charge in [-0.2, -0.15) is 13.2 Å². The van der Waals surface area contributed by atoms with Gasteiger partial charge in [0, 0.05) is 6.20 Å². The van der Waals surface area contributed by atoms with Crippen molar-refractivity contribution in [3.63, 3.8) is 0 Å². The van der Waals surface area contributed by atoms with Crippen LogP contribution in [0.4, 0.5) is 13.2 Å². The molecule has 0 fully saturated rings. The van der Waals surface area contributed by atoms with Gasteiger partial charge in [-0.25, -0.2) is 0 Å². The molecule has 16 heavy (non-hydrogen) atoms. The van der Waals surface area contributed by atoms with Gasteiger partial charge in [-0.05, 0) is 30.0 Å². The summed E-state index contributed by atoms with van der Waals surface area (Å²) in [5, 5.41) is 0. The van der Waals surface area contributed by atoms with E-state index in [9.17, 15) is 13.2 Å². The fourth-order valence-corrected chi connectivity index (χ4v) is 1.32. The lowest BCUT2D eigenvalue weighted by Crippen LogP contribution is -2.26. The molecule has 1 aromatic rings. The Bertz CT molecular complexity index is 341. The van der Waals surface area contributed by atoms with Crippen LogP contribution in [0.2, 0.25) is 0 Å². The zero-order chi connectivity index (χ0) is 12.4. The van der Waals surface area contributed by atoms with E-state index in [0.717, 1.165) is 11.6 Å². The van der Waals surface area contributed by atoms with E-state index >= 15 is 0 Å². The summed E-state index contributed by atoms with van der Waals surface area (Å²) in [7, 11) is 0. The van der Waals surface area contributed by atoms with Crippen LogP contribution >= 0.6 is 0 Å². The maximum atomic E-state index is 12.2. The molecular weight excluding hydrogens is 217 g/mol. The number of alkyl halides is 3. The first-order chi connectivity index (χ1) is 7.24. The van der Waals surface area contributed by atoms with Gasteiger partial charge in [0.2, 0.25) is 0 Å². The molecular formula is C11H15F3N2. The van der Waals surface area contributed by atoms with Gasteiger partial charge >= 0.3 is 6.18 Å². The smallest absolute Gasteiger partial charge is 0.330 e. The number of nitrogens with zero attached hydrogens (tertiary/aromatic N) is 1. The molecule has 0 aliphatic carbocycles. The molecule has 0 amide bonds. The van der Waals surface area contributed by atoms with Gasteiger partial charge in [-0.15, -0.1) is 0 Å². The molecule has 90 valence electrons. The van der Waals surface area contributed by atoms with Gasteiger partial charge in [0.1, 0.15) is 5.69 Å². The summed E-state index contributed by atoms with van der Waals surface area (Å²) in [6.07, 6.45) is -2.49. The Balaban J connectivity index is 2.80. The van der Waals surface area contributed by atoms with Gasteiger partial charge in [0.05, 0.1) is 0 Å². The maximum absolute atomic E-state index is 12.2. The predicted molar refractivity (Wildman–Crippen MR) is 55.8 cm³/mol. The quantitative estimate of drug-likeness (QED) is 0.870. The van der Waals surface area contributed by atoms with Crippen LogP contribution in [-0.4, -0.2) is 11.5 Å². The summed E-state index contributed by atoms with van der Waals surface area (Å²) in [5.74, 6) is 0. The van der Waals surface area contributed by atoms with Gasteiger partial charge in [0.15, 0.2) is 0 Å². The minimum absolute atomic E-state index is 0.124. The van der Waals surface area contributed by atoms with E-state index in [1.54, 1.807) is 0 Å². The fourth-order valence-electron chi connectivity index (χ4n) is 1.32. The Hall–Kier alpha value is -1.10. The van der Waals surface area contributed by atoms with Crippen molar-refractivity contribution in [1.82, 2.24) is 4.98 Å². The monoisotopic (exact) mass is 232 g/mol. The highest BCUT2D eigenvalue weighted by molar-refractivity contribution is 5.17. The Morgan fingerprint density at radius 2 is 1.88 bits per heavy atom. The average Bonchev–Trinajstić information content (AvgIpc) is 2.16. The molecule has 2 N–H and O–H groups in total. The van der Waals surface area contributed by atoms with Gasteiger partial charge in [-0.1, -0.05) is 19.9 Å². The van der Waals surface area contributed by atoms with Gasteiger partial charge in [0.25, 0.3) is 0 Å². The molecule has 0 bridgehead atoms. The molecule has 0 radical (unpaired) electrons. The number of hydrogen-bond donors (Lipinski definition) is 1. The number of rotatable bonds is 3. The summed E-state index contributed by atoms with van der Waals surface area (Å²) < 4.78 is 36.7. The Labute approximate surface area is 92.7 Å². The lowest BCUT2D eigenvalue weighted by atomic mass is 9.86. The van der Waals surface area contributed by atoms with Crippen LogP contribution in [0, 0.1) is 5.41 Å². The van der Waals surface area contributed by atoms with Crippen molar-refractivity contribution in [2.24, 2.45) is 11.1 Å².